The molecule has 2 saturated carbocycles. The highest BCUT2D eigenvalue weighted by Gasteiger charge is 2.66. The lowest BCUT2D eigenvalue weighted by atomic mass is 9.55. The Morgan fingerprint density at radius 2 is 1.57 bits per heavy atom. The van der Waals surface area contributed by atoms with Gasteiger partial charge in [-0.1, -0.05) is 103 Å². The Bertz CT molecular complexity index is 2570. The van der Waals surface area contributed by atoms with Crippen molar-refractivity contribution in [3.05, 3.63) is 139 Å². The van der Waals surface area contributed by atoms with E-state index >= 15 is 4.79 Å². The normalized spacial score (nSPS) is 24.2. The first-order valence-corrected chi connectivity index (χ1v) is 23.8. The second-order valence-electron chi connectivity index (χ2n) is 19.5. The maximum Gasteiger partial charge on any atom is 0.239 e. The third-order valence-electron chi connectivity index (χ3n) is 13.8. The summed E-state index contributed by atoms with van der Waals surface area (Å²) in [4.78, 5) is 23.6. The van der Waals surface area contributed by atoms with E-state index in [0.29, 0.717) is 37.3 Å². The molecule has 1 heterocycles. The molecule has 5 aromatic rings. The van der Waals surface area contributed by atoms with E-state index in [-0.39, 0.29) is 49.4 Å². The number of nitrogens with zero attached hydrogens (tertiary/aromatic N) is 2. The van der Waals surface area contributed by atoms with Gasteiger partial charge < -0.3 is 34.2 Å². The van der Waals surface area contributed by atoms with Crippen LogP contribution in [0.2, 0.25) is 0 Å². The standard InChI is InChI=1S/C56H64N2O7/c1-5-31-62-56-51(58(54(61)39-23-24-39)36-42-20-14-19-38-16-8-9-21-45(38)42)35-49(57-65-55(2,3)4)47-33-41(18-10-12-29-59)46(22-11-13-30-60)52(53(47)56)48-34-44(27-28-50(48)64-56)63-43-26-25-37-15-6-7-17-40(37)32-43/h5-9,14-17,19-21,25-28,32-34,39,41,46,51-53,59-60H,1,10-13,18,22-24,29-31,35-36H2,2-4H3/t41-,46+,51-,52+,53+,56+/m0/s1. The molecule has 0 bridgehead atoms. The van der Waals surface area contributed by atoms with Gasteiger partial charge in [-0.05, 0) is 134 Å². The zero-order valence-corrected chi connectivity index (χ0v) is 38.2. The van der Waals surface area contributed by atoms with Crippen LogP contribution >= 0.6 is 0 Å². The number of benzene rings is 5. The van der Waals surface area contributed by atoms with E-state index in [1.54, 1.807) is 6.08 Å². The molecule has 0 radical (unpaired) electrons. The monoisotopic (exact) mass is 876 g/mol. The first-order chi connectivity index (χ1) is 31.6. The Hall–Kier alpha value is -5.48. The number of hydrogen-bond acceptors (Lipinski definition) is 8. The highest BCUT2D eigenvalue weighted by Crippen LogP contribution is 2.62. The van der Waals surface area contributed by atoms with E-state index in [0.717, 1.165) is 88.2 Å². The summed E-state index contributed by atoms with van der Waals surface area (Å²) >= 11 is 0. The number of ether oxygens (including phenoxy) is 3. The van der Waals surface area contributed by atoms with Crippen molar-refractivity contribution in [1.29, 1.82) is 0 Å². The summed E-state index contributed by atoms with van der Waals surface area (Å²) in [5, 5.41) is 29.6. The third kappa shape index (κ3) is 9.33. The molecule has 0 aromatic heterocycles. The molecule has 0 spiro atoms. The quantitative estimate of drug-likeness (QED) is 0.0512. The van der Waals surface area contributed by atoms with Crippen LogP contribution in [0.4, 0.5) is 0 Å². The van der Waals surface area contributed by atoms with Gasteiger partial charge in [0, 0.05) is 43.6 Å². The maximum atomic E-state index is 15.1. The van der Waals surface area contributed by atoms with Crippen molar-refractivity contribution in [3.8, 4) is 17.2 Å². The molecular weight excluding hydrogens is 813 g/mol. The smallest absolute Gasteiger partial charge is 0.239 e. The van der Waals surface area contributed by atoms with Gasteiger partial charge in [0.1, 0.15) is 28.9 Å². The number of fused-ring (bicyclic) bond motifs is 4. The fourth-order valence-electron chi connectivity index (χ4n) is 10.8. The zero-order valence-electron chi connectivity index (χ0n) is 38.2. The first kappa shape index (κ1) is 44.7. The fourth-order valence-corrected chi connectivity index (χ4v) is 10.8. The molecule has 0 saturated heterocycles. The number of rotatable bonds is 18. The van der Waals surface area contributed by atoms with Crippen molar-refractivity contribution >= 4 is 33.2 Å². The van der Waals surface area contributed by atoms with Crippen LogP contribution in [-0.2, 0) is 20.9 Å². The molecule has 9 rings (SSSR count). The largest absolute Gasteiger partial charge is 0.459 e. The highest BCUT2D eigenvalue weighted by molar-refractivity contribution is 6.03. The Labute approximate surface area is 383 Å². The third-order valence-corrected chi connectivity index (χ3v) is 13.8. The Balaban J connectivity index is 1.25. The molecule has 3 aliphatic carbocycles. The molecule has 2 fully saturated rings. The summed E-state index contributed by atoms with van der Waals surface area (Å²) in [5.41, 5.74) is 3.31. The van der Waals surface area contributed by atoms with Gasteiger partial charge in [-0.15, -0.1) is 6.58 Å². The number of aliphatic hydroxyl groups excluding tert-OH is 2. The summed E-state index contributed by atoms with van der Waals surface area (Å²) in [6.45, 7) is 10.9. The molecule has 1 aliphatic heterocycles. The summed E-state index contributed by atoms with van der Waals surface area (Å²) in [5.74, 6) is 0.418. The number of amides is 1. The number of carbonyl (C=O) groups excluding carboxylic acids is 1. The van der Waals surface area contributed by atoms with Crippen LogP contribution in [0.25, 0.3) is 21.5 Å². The molecule has 340 valence electrons. The molecule has 4 aliphatic rings. The van der Waals surface area contributed by atoms with Crippen LogP contribution in [0.5, 0.6) is 17.2 Å². The lowest BCUT2D eigenvalue weighted by molar-refractivity contribution is -0.258. The van der Waals surface area contributed by atoms with E-state index < -0.39 is 23.3 Å². The minimum absolute atomic E-state index is 0.0837. The average Bonchev–Trinajstić information content (AvgIpc) is 4.16. The van der Waals surface area contributed by atoms with Crippen LogP contribution in [0.1, 0.15) is 95.6 Å². The lowest BCUT2D eigenvalue weighted by Crippen LogP contribution is -2.70. The van der Waals surface area contributed by atoms with E-state index in [2.05, 4.69) is 84.3 Å². The molecule has 65 heavy (non-hydrogen) atoms. The Kier molecular flexibility index (Phi) is 13.2. The topological polar surface area (TPSA) is 110 Å². The van der Waals surface area contributed by atoms with Crippen molar-refractivity contribution in [2.75, 3.05) is 19.8 Å². The van der Waals surface area contributed by atoms with Gasteiger partial charge in [0.05, 0.1) is 18.2 Å². The first-order valence-electron chi connectivity index (χ1n) is 23.8. The van der Waals surface area contributed by atoms with Crippen molar-refractivity contribution in [2.24, 2.45) is 28.8 Å². The van der Waals surface area contributed by atoms with E-state index in [1.165, 1.54) is 0 Å². The SMILES string of the molecule is C=CCO[C@@]12Oc3ccc(Oc4ccc5ccccc5c4)cc3[C@H]3[C@H](CCCCO)[C@@H](CCCCO)C=C(C(=NOC(C)(C)C)C[C@@H]1N(Cc1cccc4ccccc14)C(=O)C1CC1)[C@H]32. The van der Waals surface area contributed by atoms with Crippen molar-refractivity contribution < 1.29 is 34.1 Å². The summed E-state index contributed by atoms with van der Waals surface area (Å²) in [6.07, 6.45) is 11.0. The predicted molar refractivity (Wildman–Crippen MR) is 257 cm³/mol. The van der Waals surface area contributed by atoms with E-state index in [4.69, 9.17) is 24.2 Å². The molecule has 9 heteroatoms. The number of unbranched alkanes of at least 4 members (excludes halogenated alkanes) is 2. The van der Waals surface area contributed by atoms with Crippen molar-refractivity contribution in [3.63, 3.8) is 0 Å². The second-order valence-corrected chi connectivity index (χ2v) is 19.5. The lowest BCUT2D eigenvalue weighted by Gasteiger charge is -2.60. The van der Waals surface area contributed by atoms with E-state index in [1.807, 2.05) is 57.2 Å². The molecule has 9 nitrogen and oxygen atoms in total. The van der Waals surface area contributed by atoms with Gasteiger partial charge >= 0.3 is 0 Å². The van der Waals surface area contributed by atoms with Crippen LogP contribution in [-0.4, -0.2) is 64.0 Å². The summed E-state index contributed by atoms with van der Waals surface area (Å²) < 4.78 is 21.6. The highest BCUT2D eigenvalue weighted by atomic mass is 16.7. The van der Waals surface area contributed by atoms with Crippen LogP contribution in [0.3, 0.4) is 0 Å². The summed E-state index contributed by atoms with van der Waals surface area (Å²) in [6, 6.07) is 34.6. The number of oxime groups is 1. The van der Waals surface area contributed by atoms with Crippen molar-refractivity contribution in [1.82, 2.24) is 4.90 Å². The molecule has 5 aromatic carbocycles. The van der Waals surface area contributed by atoms with Crippen LogP contribution in [0.15, 0.2) is 133 Å². The Morgan fingerprint density at radius 1 is 0.862 bits per heavy atom. The number of aliphatic hydroxyl groups is 2. The fraction of sp³-hybridized carbons (Fsp3) is 0.429. The predicted octanol–water partition coefficient (Wildman–Crippen LogP) is 11.7. The van der Waals surface area contributed by atoms with Crippen molar-refractivity contribution in [2.45, 2.75) is 108 Å². The maximum absolute atomic E-state index is 15.1. The molecule has 0 unspecified atom stereocenters. The van der Waals surface area contributed by atoms with Crippen LogP contribution in [0, 0.1) is 23.7 Å². The molecular formula is C56H64N2O7. The molecule has 6 atom stereocenters. The van der Waals surface area contributed by atoms with Gasteiger partial charge in [-0.3, -0.25) is 4.79 Å². The zero-order chi connectivity index (χ0) is 45.1. The Morgan fingerprint density at radius 3 is 2.32 bits per heavy atom. The number of carbonyl (C=O) groups is 1. The van der Waals surface area contributed by atoms with Gasteiger partial charge in [-0.2, -0.15) is 0 Å². The number of allylic oxidation sites excluding steroid dienone is 1. The second kappa shape index (κ2) is 19.2. The minimum atomic E-state index is -1.35. The molecule has 1 amide bonds. The number of hydrogen-bond donors (Lipinski definition) is 2. The minimum Gasteiger partial charge on any atom is -0.459 e. The van der Waals surface area contributed by atoms with Gasteiger partial charge in [0.25, 0.3) is 0 Å². The van der Waals surface area contributed by atoms with Gasteiger partial charge in [0.2, 0.25) is 11.7 Å². The van der Waals surface area contributed by atoms with Gasteiger partial charge in [0.15, 0.2) is 0 Å². The van der Waals surface area contributed by atoms with E-state index in [9.17, 15) is 10.2 Å². The molecule has 2 N–H and O–H groups in total. The van der Waals surface area contributed by atoms with Crippen LogP contribution < -0.4 is 9.47 Å². The summed E-state index contributed by atoms with van der Waals surface area (Å²) in [7, 11) is 0. The van der Waals surface area contributed by atoms with Gasteiger partial charge in [-0.25, -0.2) is 0 Å². The average molecular weight is 877 g/mol.